The van der Waals surface area contributed by atoms with Gasteiger partial charge in [-0.25, -0.2) is 4.98 Å². The van der Waals surface area contributed by atoms with E-state index in [9.17, 15) is 4.79 Å². The number of aryl methyl sites for hydroxylation is 1. The Kier molecular flexibility index (Phi) is 3.75. The molecule has 1 rings (SSSR count). The van der Waals surface area contributed by atoms with Gasteiger partial charge in [0.25, 0.3) is 0 Å². The molecule has 0 saturated heterocycles. The van der Waals surface area contributed by atoms with Crippen LogP contribution in [0.4, 0.5) is 0 Å². The Morgan fingerprint density at radius 3 is 2.50 bits per heavy atom. The normalized spacial score (nSPS) is 13.2. The highest BCUT2D eigenvalue weighted by atomic mass is 32.1. The number of carbonyl (C=O) groups excluding carboxylic acids is 1. The molecular weight excluding hydrogens is 196 g/mol. The average Bonchev–Trinajstić information content (AvgIpc) is 2.51. The second-order valence-electron chi connectivity index (χ2n) is 3.73. The summed E-state index contributed by atoms with van der Waals surface area (Å²) in [4.78, 5) is 15.8. The Bertz CT molecular complexity index is 320. The van der Waals surface area contributed by atoms with Crippen LogP contribution in [0.3, 0.4) is 0 Å². The molecule has 3 nitrogen and oxygen atoms in total. The summed E-state index contributed by atoms with van der Waals surface area (Å²) in [6.07, 6.45) is 0.833. The Hall–Kier alpha value is -0.770. The zero-order valence-electron chi connectivity index (χ0n) is 9.07. The quantitative estimate of drug-likeness (QED) is 0.769. The molecule has 0 aliphatic heterocycles. The Labute approximate surface area is 88.7 Å². The van der Waals surface area contributed by atoms with Gasteiger partial charge in [0.05, 0.1) is 5.92 Å². The molecule has 1 aromatic heterocycles. The molecule has 1 aromatic rings. The van der Waals surface area contributed by atoms with E-state index in [2.05, 4.69) is 9.36 Å². The lowest BCUT2D eigenvalue weighted by atomic mass is 9.93. The van der Waals surface area contributed by atoms with Crippen LogP contribution >= 0.6 is 11.5 Å². The average molecular weight is 212 g/mol. The summed E-state index contributed by atoms with van der Waals surface area (Å²) in [7, 11) is 0. The van der Waals surface area contributed by atoms with Crippen molar-refractivity contribution in [1.82, 2.24) is 9.36 Å². The van der Waals surface area contributed by atoms with Gasteiger partial charge in [-0.2, -0.15) is 4.37 Å². The van der Waals surface area contributed by atoms with Crippen LogP contribution in [0.2, 0.25) is 0 Å². The molecule has 4 heteroatoms. The first-order valence-electron chi connectivity index (χ1n) is 4.89. The van der Waals surface area contributed by atoms with Crippen LogP contribution < -0.4 is 0 Å². The standard InChI is InChI=1S/C10H16N2OS/c1-5-8-11-10(14-12-8)9(6(2)3)7(4)13/h6,9H,5H2,1-4H3. The monoisotopic (exact) mass is 212 g/mol. The third kappa shape index (κ3) is 2.38. The summed E-state index contributed by atoms with van der Waals surface area (Å²) in [5, 5.41) is 0.865. The highest BCUT2D eigenvalue weighted by molar-refractivity contribution is 7.05. The SMILES string of the molecule is CCc1nsc(C(C(C)=O)C(C)C)n1. The van der Waals surface area contributed by atoms with Crippen LogP contribution in [-0.4, -0.2) is 15.1 Å². The van der Waals surface area contributed by atoms with Gasteiger partial charge in [-0.05, 0) is 24.4 Å². The number of Topliss-reactive ketones (excluding diaryl/α,β-unsaturated/α-hetero) is 1. The molecule has 1 unspecified atom stereocenters. The molecule has 0 amide bonds. The number of ketones is 1. The van der Waals surface area contributed by atoms with E-state index in [-0.39, 0.29) is 11.7 Å². The van der Waals surface area contributed by atoms with Gasteiger partial charge in [0.2, 0.25) is 0 Å². The molecule has 0 aromatic carbocycles. The third-order valence-electron chi connectivity index (χ3n) is 2.17. The molecule has 0 radical (unpaired) electrons. The van der Waals surface area contributed by atoms with Crippen LogP contribution in [0.15, 0.2) is 0 Å². The molecule has 78 valence electrons. The Balaban J connectivity index is 2.93. The van der Waals surface area contributed by atoms with Gasteiger partial charge in [-0.3, -0.25) is 4.79 Å². The Morgan fingerprint density at radius 2 is 2.14 bits per heavy atom. The molecular formula is C10H16N2OS. The first-order valence-corrected chi connectivity index (χ1v) is 5.66. The number of aromatic nitrogens is 2. The van der Waals surface area contributed by atoms with Gasteiger partial charge in [-0.15, -0.1) is 0 Å². The smallest absolute Gasteiger partial charge is 0.142 e. The van der Waals surface area contributed by atoms with Crippen molar-refractivity contribution in [2.45, 2.75) is 40.0 Å². The Morgan fingerprint density at radius 1 is 1.50 bits per heavy atom. The van der Waals surface area contributed by atoms with Gasteiger partial charge in [0, 0.05) is 6.42 Å². The van der Waals surface area contributed by atoms with Crippen molar-refractivity contribution in [3.63, 3.8) is 0 Å². The largest absolute Gasteiger partial charge is 0.299 e. The summed E-state index contributed by atoms with van der Waals surface area (Å²) in [5.74, 6) is 1.24. The molecule has 1 heterocycles. The molecule has 0 saturated carbocycles. The maximum Gasteiger partial charge on any atom is 0.142 e. The predicted molar refractivity (Wildman–Crippen MR) is 57.5 cm³/mol. The number of rotatable bonds is 4. The molecule has 0 N–H and O–H groups in total. The fraction of sp³-hybridized carbons (Fsp3) is 0.700. The highest BCUT2D eigenvalue weighted by Gasteiger charge is 2.24. The van der Waals surface area contributed by atoms with E-state index in [0.717, 1.165) is 17.3 Å². The molecule has 0 bridgehead atoms. The molecule has 14 heavy (non-hydrogen) atoms. The number of carbonyl (C=O) groups is 1. The minimum atomic E-state index is -0.0761. The maximum atomic E-state index is 11.4. The van der Waals surface area contributed by atoms with Crippen LogP contribution in [0.1, 0.15) is 44.4 Å². The van der Waals surface area contributed by atoms with Gasteiger partial charge in [0.15, 0.2) is 0 Å². The van der Waals surface area contributed by atoms with Crippen molar-refractivity contribution in [2.24, 2.45) is 5.92 Å². The second-order valence-corrected chi connectivity index (χ2v) is 4.52. The molecule has 1 atom stereocenters. The lowest BCUT2D eigenvalue weighted by Gasteiger charge is -2.13. The number of hydrogen-bond acceptors (Lipinski definition) is 4. The summed E-state index contributed by atoms with van der Waals surface area (Å²) in [6, 6.07) is 0. The predicted octanol–water partition coefficient (Wildman–Crippen LogP) is 2.43. The van der Waals surface area contributed by atoms with Crippen molar-refractivity contribution in [3.05, 3.63) is 10.8 Å². The van der Waals surface area contributed by atoms with E-state index < -0.39 is 0 Å². The van der Waals surface area contributed by atoms with Crippen LogP contribution in [-0.2, 0) is 11.2 Å². The molecule has 0 spiro atoms. The summed E-state index contributed by atoms with van der Waals surface area (Å²) < 4.78 is 4.20. The van der Waals surface area contributed by atoms with E-state index in [1.807, 2.05) is 20.8 Å². The summed E-state index contributed by atoms with van der Waals surface area (Å²) in [6.45, 7) is 7.72. The zero-order valence-corrected chi connectivity index (χ0v) is 9.89. The van der Waals surface area contributed by atoms with Crippen molar-refractivity contribution in [1.29, 1.82) is 0 Å². The van der Waals surface area contributed by atoms with E-state index in [4.69, 9.17) is 0 Å². The fourth-order valence-electron chi connectivity index (χ4n) is 1.47. The fourth-order valence-corrected chi connectivity index (χ4v) is 2.53. The second kappa shape index (κ2) is 4.64. The number of nitrogens with zero attached hydrogens (tertiary/aromatic N) is 2. The van der Waals surface area contributed by atoms with Gasteiger partial charge >= 0.3 is 0 Å². The van der Waals surface area contributed by atoms with E-state index >= 15 is 0 Å². The van der Waals surface area contributed by atoms with Crippen molar-refractivity contribution in [2.75, 3.05) is 0 Å². The first kappa shape index (κ1) is 11.3. The lowest BCUT2D eigenvalue weighted by molar-refractivity contribution is -0.119. The molecule has 0 aliphatic carbocycles. The lowest BCUT2D eigenvalue weighted by Crippen LogP contribution is -2.15. The summed E-state index contributed by atoms with van der Waals surface area (Å²) in [5.41, 5.74) is 0. The zero-order chi connectivity index (χ0) is 10.7. The molecule has 0 aliphatic rings. The van der Waals surface area contributed by atoms with Gasteiger partial charge in [-0.1, -0.05) is 20.8 Å². The van der Waals surface area contributed by atoms with Gasteiger partial charge < -0.3 is 0 Å². The minimum absolute atomic E-state index is 0.0761. The third-order valence-corrected chi connectivity index (χ3v) is 3.01. The van der Waals surface area contributed by atoms with Crippen LogP contribution in [0.5, 0.6) is 0 Å². The molecule has 0 fully saturated rings. The summed E-state index contributed by atoms with van der Waals surface area (Å²) >= 11 is 1.36. The van der Waals surface area contributed by atoms with Crippen molar-refractivity contribution in [3.8, 4) is 0 Å². The van der Waals surface area contributed by atoms with E-state index in [1.165, 1.54) is 11.5 Å². The van der Waals surface area contributed by atoms with Crippen molar-refractivity contribution >= 4 is 17.3 Å². The first-order chi connectivity index (χ1) is 6.56. The highest BCUT2D eigenvalue weighted by Crippen LogP contribution is 2.26. The number of hydrogen-bond donors (Lipinski definition) is 0. The van der Waals surface area contributed by atoms with Crippen LogP contribution in [0, 0.1) is 5.92 Å². The maximum absolute atomic E-state index is 11.4. The topological polar surface area (TPSA) is 42.9 Å². The van der Waals surface area contributed by atoms with Gasteiger partial charge in [0.1, 0.15) is 16.6 Å². The van der Waals surface area contributed by atoms with Crippen molar-refractivity contribution < 1.29 is 4.79 Å². The van der Waals surface area contributed by atoms with E-state index in [0.29, 0.717) is 5.92 Å². The minimum Gasteiger partial charge on any atom is -0.299 e. The van der Waals surface area contributed by atoms with Crippen LogP contribution in [0.25, 0.3) is 0 Å². The van der Waals surface area contributed by atoms with E-state index in [1.54, 1.807) is 6.92 Å².